The fraction of sp³-hybridized carbons (Fsp3) is 0.263. The second kappa shape index (κ2) is 7.45. The van der Waals surface area contributed by atoms with Crippen molar-refractivity contribution in [2.45, 2.75) is 26.2 Å². The van der Waals surface area contributed by atoms with Gasteiger partial charge in [-0.15, -0.1) is 0 Å². The number of nitrogens with one attached hydrogen (secondary N) is 1. The summed E-state index contributed by atoms with van der Waals surface area (Å²) in [6, 6.07) is 8.43. The Labute approximate surface area is 155 Å². The summed E-state index contributed by atoms with van der Waals surface area (Å²) in [6.07, 6.45) is 0. The van der Waals surface area contributed by atoms with Gasteiger partial charge in [-0.25, -0.2) is 4.79 Å². The summed E-state index contributed by atoms with van der Waals surface area (Å²) in [5, 5.41) is 23.1. The minimum atomic E-state index is -1.15. The molecule has 0 heterocycles. The first-order valence-electron chi connectivity index (χ1n) is 8.06. The van der Waals surface area contributed by atoms with Crippen LogP contribution in [0.25, 0.3) is 0 Å². The number of carboxylic acids is 1. The fourth-order valence-corrected chi connectivity index (χ4v) is 2.61. The van der Waals surface area contributed by atoms with Crippen LogP contribution in [0.15, 0.2) is 36.4 Å². The monoisotopic (exact) mass is 372 g/mol. The molecule has 0 aliphatic carbocycles. The second-order valence-corrected chi connectivity index (χ2v) is 6.91. The number of nitro groups is 1. The first-order chi connectivity index (χ1) is 12.5. The van der Waals surface area contributed by atoms with Crippen LogP contribution in [0.1, 0.15) is 47.1 Å². The molecule has 2 aromatic carbocycles. The van der Waals surface area contributed by atoms with E-state index >= 15 is 0 Å². The number of carbonyl (C=O) groups excluding carboxylic acids is 1. The van der Waals surface area contributed by atoms with Gasteiger partial charge in [-0.2, -0.15) is 0 Å². The number of rotatable bonds is 5. The lowest BCUT2D eigenvalue weighted by atomic mass is 9.85. The lowest BCUT2D eigenvalue weighted by Crippen LogP contribution is -2.17. The molecule has 8 heteroatoms. The number of amides is 1. The SMILES string of the molecule is COc1cc(NC(=O)c2ccc(C(C)(C)C)c([N+](=O)[O-])c2)ccc1C(=O)O. The number of carboxylic acid groups (broad SMARTS) is 1. The van der Waals surface area contributed by atoms with Crippen LogP contribution in [-0.2, 0) is 5.41 Å². The largest absolute Gasteiger partial charge is 0.496 e. The molecular formula is C19H20N2O6. The number of carbonyl (C=O) groups is 2. The number of methoxy groups -OCH3 is 1. The van der Waals surface area contributed by atoms with Gasteiger partial charge in [0.1, 0.15) is 11.3 Å². The van der Waals surface area contributed by atoms with Crippen LogP contribution < -0.4 is 10.1 Å². The number of anilines is 1. The van der Waals surface area contributed by atoms with E-state index in [1.54, 1.807) is 6.07 Å². The van der Waals surface area contributed by atoms with Crippen LogP contribution in [0.2, 0.25) is 0 Å². The van der Waals surface area contributed by atoms with E-state index in [9.17, 15) is 19.7 Å². The van der Waals surface area contributed by atoms with Crippen molar-refractivity contribution in [3.05, 3.63) is 63.2 Å². The average molecular weight is 372 g/mol. The Morgan fingerprint density at radius 2 is 1.81 bits per heavy atom. The Kier molecular flexibility index (Phi) is 5.49. The van der Waals surface area contributed by atoms with Crippen molar-refractivity contribution in [3.63, 3.8) is 0 Å². The molecule has 0 spiro atoms. The number of hydrogen-bond donors (Lipinski definition) is 2. The summed E-state index contributed by atoms with van der Waals surface area (Å²) in [4.78, 5) is 34.5. The highest BCUT2D eigenvalue weighted by Crippen LogP contribution is 2.32. The zero-order valence-corrected chi connectivity index (χ0v) is 15.4. The van der Waals surface area contributed by atoms with Gasteiger partial charge in [0.15, 0.2) is 0 Å². The minimum absolute atomic E-state index is 0.0410. The van der Waals surface area contributed by atoms with Crippen molar-refractivity contribution < 1.29 is 24.4 Å². The summed E-state index contributed by atoms with van der Waals surface area (Å²) in [5.74, 6) is -1.61. The molecule has 2 rings (SSSR count). The highest BCUT2D eigenvalue weighted by molar-refractivity contribution is 6.05. The van der Waals surface area contributed by atoms with Crippen molar-refractivity contribution in [2.75, 3.05) is 12.4 Å². The van der Waals surface area contributed by atoms with E-state index in [1.807, 2.05) is 20.8 Å². The van der Waals surface area contributed by atoms with Gasteiger partial charge < -0.3 is 15.2 Å². The Bertz CT molecular complexity index is 915. The van der Waals surface area contributed by atoms with Gasteiger partial charge in [-0.1, -0.05) is 26.8 Å². The van der Waals surface area contributed by atoms with Crippen LogP contribution in [0, 0.1) is 10.1 Å². The Hall–Kier alpha value is -3.42. The second-order valence-electron chi connectivity index (χ2n) is 6.91. The third kappa shape index (κ3) is 4.41. The average Bonchev–Trinajstić information content (AvgIpc) is 2.59. The number of nitro benzene ring substituents is 1. The van der Waals surface area contributed by atoms with Gasteiger partial charge >= 0.3 is 5.97 Å². The van der Waals surface area contributed by atoms with Gasteiger partial charge in [0, 0.05) is 28.9 Å². The topological polar surface area (TPSA) is 119 Å². The van der Waals surface area contributed by atoms with Gasteiger partial charge in [0.2, 0.25) is 0 Å². The molecule has 1 amide bonds. The van der Waals surface area contributed by atoms with Crippen LogP contribution in [0.5, 0.6) is 5.75 Å². The predicted octanol–water partition coefficient (Wildman–Crippen LogP) is 3.85. The maximum absolute atomic E-state index is 12.5. The molecule has 0 saturated heterocycles. The minimum Gasteiger partial charge on any atom is -0.496 e. The molecule has 0 saturated carbocycles. The Morgan fingerprint density at radius 3 is 2.33 bits per heavy atom. The highest BCUT2D eigenvalue weighted by Gasteiger charge is 2.26. The summed E-state index contributed by atoms with van der Waals surface area (Å²) >= 11 is 0. The van der Waals surface area contributed by atoms with Crippen molar-refractivity contribution in [1.29, 1.82) is 0 Å². The van der Waals surface area contributed by atoms with Crippen molar-refractivity contribution in [1.82, 2.24) is 0 Å². The zero-order valence-electron chi connectivity index (χ0n) is 15.4. The molecule has 0 radical (unpaired) electrons. The van der Waals surface area contributed by atoms with Crippen LogP contribution in [0.4, 0.5) is 11.4 Å². The molecule has 2 aromatic rings. The Balaban J connectivity index is 2.35. The third-order valence-corrected chi connectivity index (χ3v) is 3.95. The number of nitrogens with zero attached hydrogens (tertiary/aromatic N) is 1. The Morgan fingerprint density at radius 1 is 1.15 bits per heavy atom. The van der Waals surface area contributed by atoms with E-state index in [0.29, 0.717) is 11.3 Å². The van der Waals surface area contributed by atoms with E-state index < -0.39 is 22.2 Å². The van der Waals surface area contributed by atoms with Gasteiger partial charge in [0.25, 0.3) is 11.6 Å². The molecule has 142 valence electrons. The maximum atomic E-state index is 12.5. The smallest absolute Gasteiger partial charge is 0.339 e. The van der Waals surface area contributed by atoms with Crippen LogP contribution >= 0.6 is 0 Å². The lowest BCUT2D eigenvalue weighted by molar-refractivity contribution is -0.386. The molecule has 27 heavy (non-hydrogen) atoms. The van der Waals surface area contributed by atoms with E-state index in [4.69, 9.17) is 9.84 Å². The van der Waals surface area contributed by atoms with Crippen molar-refractivity contribution in [2.24, 2.45) is 0 Å². The van der Waals surface area contributed by atoms with Crippen molar-refractivity contribution >= 4 is 23.3 Å². The highest BCUT2D eigenvalue weighted by atomic mass is 16.6. The van der Waals surface area contributed by atoms with Gasteiger partial charge in [0.05, 0.1) is 12.0 Å². The first-order valence-corrected chi connectivity index (χ1v) is 8.06. The summed E-state index contributed by atoms with van der Waals surface area (Å²) < 4.78 is 5.02. The molecular weight excluding hydrogens is 352 g/mol. The molecule has 0 aliphatic heterocycles. The molecule has 0 unspecified atom stereocenters. The molecule has 2 N–H and O–H groups in total. The fourth-order valence-electron chi connectivity index (χ4n) is 2.61. The van der Waals surface area contributed by atoms with Gasteiger partial charge in [-0.05, 0) is 23.6 Å². The summed E-state index contributed by atoms with van der Waals surface area (Å²) in [6.45, 7) is 5.56. The standard InChI is InChI=1S/C19H20N2O6/c1-19(2,3)14-8-5-11(9-15(14)21(25)26)17(22)20-12-6-7-13(18(23)24)16(10-12)27-4/h5-10H,1-4H3,(H,20,22)(H,23,24). The molecule has 0 aromatic heterocycles. The number of ether oxygens (including phenoxy) is 1. The first kappa shape index (κ1) is 19.9. The third-order valence-electron chi connectivity index (χ3n) is 3.95. The van der Waals surface area contributed by atoms with E-state index in [1.165, 1.54) is 37.4 Å². The maximum Gasteiger partial charge on any atom is 0.339 e. The van der Waals surface area contributed by atoms with Crippen LogP contribution in [0.3, 0.4) is 0 Å². The molecule has 8 nitrogen and oxygen atoms in total. The van der Waals surface area contributed by atoms with Crippen molar-refractivity contribution in [3.8, 4) is 5.75 Å². The molecule has 0 atom stereocenters. The lowest BCUT2D eigenvalue weighted by Gasteiger charge is -2.19. The zero-order chi connectivity index (χ0) is 20.4. The molecule has 0 fully saturated rings. The number of aromatic carboxylic acids is 1. The van der Waals surface area contributed by atoms with Gasteiger partial charge in [-0.3, -0.25) is 14.9 Å². The van der Waals surface area contributed by atoms with E-state index in [2.05, 4.69) is 5.32 Å². The molecule has 0 aliphatic rings. The molecule has 0 bridgehead atoms. The predicted molar refractivity (Wildman–Crippen MR) is 99.7 cm³/mol. The van der Waals surface area contributed by atoms with E-state index in [0.717, 1.165) is 0 Å². The quantitative estimate of drug-likeness (QED) is 0.608. The normalized spacial score (nSPS) is 11.0. The summed E-state index contributed by atoms with van der Waals surface area (Å²) in [5.41, 5.74) is 0.337. The number of benzene rings is 2. The van der Waals surface area contributed by atoms with E-state index in [-0.39, 0.29) is 22.6 Å². The summed E-state index contributed by atoms with van der Waals surface area (Å²) in [7, 11) is 1.32. The number of hydrogen-bond acceptors (Lipinski definition) is 5. The van der Waals surface area contributed by atoms with Crippen LogP contribution in [-0.4, -0.2) is 29.0 Å².